The van der Waals surface area contributed by atoms with Crippen molar-refractivity contribution in [3.8, 4) is 17.0 Å². The molecule has 2 fully saturated rings. The molecule has 6 heteroatoms. The van der Waals surface area contributed by atoms with Crippen molar-refractivity contribution in [1.29, 1.82) is 0 Å². The van der Waals surface area contributed by atoms with Crippen LogP contribution in [0.4, 0.5) is 4.79 Å². The number of aromatic nitrogens is 1. The van der Waals surface area contributed by atoms with Gasteiger partial charge in [0, 0.05) is 19.2 Å². The second kappa shape index (κ2) is 7.43. The van der Waals surface area contributed by atoms with Crippen LogP contribution in [-0.2, 0) is 6.54 Å². The summed E-state index contributed by atoms with van der Waals surface area (Å²) in [7, 11) is 1.65. The smallest absolute Gasteiger partial charge is 0.317 e. The number of hydrogen-bond acceptors (Lipinski definition) is 4. The van der Waals surface area contributed by atoms with Crippen molar-refractivity contribution in [1.82, 2.24) is 15.4 Å². The van der Waals surface area contributed by atoms with Crippen LogP contribution in [0.25, 0.3) is 22.0 Å². The van der Waals surface area contributed by atoms with Gasteiger partial charge in [-0.25, -0.2) is 4.79 Å². The third kappa shape index (κ3) is 3.67. The number of ether oxygens (including phenoxy) is 1. The van der Waals surface area contributed by atoms with E-state index in [1.165, 1.54) is 19.3 Å². The molecule has 2 aromatic carbocycles. The van der Waals surface area contributed by atoms with Crippen LogP contribution in [-0.4, -0.2) is 36.3 Å². The van der Waals surface area contributed by atoms with Crippen LogP contribution < -0.4 is 10.1 Å². The molecule has 0 radical (unpaired) electrons. The zero-order valence-corrected chi connectivity index (χ0v) is 16.6. The fourth-order valence-corrected chi connectivity index (χ4v) is 4.18. The lowest BCUT2D eigenvalue weighted by molar-refractivity contribution is 0.111. The van der Waals surface area contributed by atoms with E-state index < -0.39 is 0 Å². The second-order valence-corrected chi connectivity index (χ2v) is 8.15. The summed E-state index contributed by atoms with van der Waals surface area (Å²) in [4.78, 5) is 14.2. The fraction of sp³-hybridized carbons (Fsp3) is 0.391. The molecular formula is C23H25N3O3. The summed E-state index contributed by atoms with van der Waals surface area (Å²) in [6.45, 7) is 2.07. The predicted octanol–water partition coefficient (Wildman–Crippen LogP) is 4.44. The summed E-state index contributed by atoms with van der Waals surface area (Å²) in [5.41, 5.74) is 1.61. The number of benzene rings is 2. The van der Waals surface area contributed by atoms with Crippen LogP contribution in [0.5, 0.6) is 5.75 Å². The number of carbonyl (C=O) groups excluding carboxylic acids is 1. The van der Waals surface area contributed by atoms with Crippen LogP contribution in [0.15, 0.2) is 47.0 Å². The first-order valence-electron chi connectivity index (χ1n) is 10.3. The molecule has 1 aliphatic carbocycles. The third-order valence-electron chi connectivity index (χ3n) is 5.95. The van der Waals surface area contributed by atoms with Crippen molar-refractivity contribution >= 4 is 16.8 Å². The molecule has 29 heavy (non-hydrogen) atoms. The number of nitrogens with one attached hydrogen (secondary N) is 1. The van der Waals surface area contributed by atoms with Gasteiger partial charge in [-0.15, -0.1) is 0 Å². The minimum Gasteiger partial charge on any atom is -0.496 e. The highest BCUT2D eigenvalue weighted by Gasteiger charge is 2.35. The molecule has 6 nitrogen and oxygen atoms in total. The van der Waals surface area contributed by atoms with Gasteiger partial charge in [0.15, 0.2) is 5.76 Å². The number of carbonyl (C=O) groups is 1. The normalized spacial score (nSPS) is 16.7. The maximum Gasteiger partial charge on any atom is 0.317 e. The fourth-order valence-electron chi connectivity index (χ4n) is 4.18. The van der Waals surface area contributed by atoms with E-state index in [2.05, 4.69) is 16.5 Å². The van der Waals surface area contributed by atoms with Gasteiger partial charge in [-0.3, -0.25) is 0 Å². The van der Waals surface area contributed by atoms with Crippen LogP contribution in [0.3, 0.4) is 0 Å². The molecule has 0 atom stereocenters. The van der Waals surface area contributed by atoms with Crippen LogP contribution in [0.1, 0.15) is 25.0 Å². The van der Waals surface area contributed by atoms with E-state index in [9.17, 15) is 4.79 Å². The van der Waals surface area contributed by atoms with E-state index in [4.69, 9.17) is 9.26 Å². The van der Waals surface area contributed by atoms with Gasteiger partial charge in [0.1, 0.15) is 11.4 Å². The maximum atomic E-state index is 12.3. The van der Waals surface area contributed by atoms with E-state index >= 15 is 0 Å². The standard InChI is InChI=1S/C23H25N3O3/c1-28-21-9-8-17-4-2-3-5-19(17)22(21)20-11-18(29-25-20)12-24-23(27)26-13-16(14-26)10-15-6-7-15/h2-5,8-9,11,15-16H,6-7,10,12-14H2,1H3,(H,24,27). The summed E-state index contributed by atoms with van der Waals surface area (Å²) in [6, 6.07) is 13.9. The number of fused-ring (bicyclic) bond motifs is 1. The Bertz CT molecular complexity index is 1030. The molecule has 1 saturated heterocycles. The molecule has 5 rings (SSSR count). The van der Waals surface area contributed by atoms with Gasteiger partial charge in [-0.2, -0.15) is 0 Å². The van der Waals surface area contributed by atoms with E-state index in [1.54, 1.807) is 7.11 Å². The molecule has 2 amide bonds. The van der Waals surface area contributed by atoms with E-state index in [-0.39, 0.29) is 6.03 Å². The number of hydrogen-bond donors (Lipinski definition) is 1. The average Bonchev–Trinajstić information content (AvgIpc) is 3.42. The molecule has 0 spiro atoms. The molecule has 3 aromatic rings. The molecule has 1 aromatic heterocycles. The van der Waals surface area contributed by atoms with Crippen molar-refractivity contribution in [2.45, 2.75) is 25.8 Å². The molecule has 0 unspecified atom stereocenters. The zero-order chi connectivity index (χ0) is 19.8. The lowest BCUT2D eigenvalue weighted by Gasteiger charge is -2.39. The van der Waals surface area contributed by atoms with Gasteiger partial charge in [0.05, 0.1) is 19.2 Å². The molecule has 1 aliphatic heterocycles. The Morgan fingerprint density at radius 3 is 2.83 bits per heavy atom. The number of urea groups is 1. The van der Waals surface area contributed by atoms with Gasteiger partial charge in [0.2, 0.25) is 0 Å². The first-order valence-corrected chi connectivity index (χ1v) is 10.3. The molecule has 1 saturated carbocycles. The molecule has 0 bridgehead atoms. The van der Waals surface area contributed by atoms with Gasteiger partial charge < -0.3 is 19.5 Å². The first-order chi connectivity index (χ1) is 14.2. The van der Waals surface area contributed by atoms with Crippen molar-refractivity contribution in [3.63, 3.8) is 0 Å². The molecule has 150 valence electrons. The zero-order valence-electron chi connectivity index (χ0n) is 16.6. The van der Waals surface area contributed by atoms with Crippen molar-refractivity contribution in [2.75, 3.05) is 20.2 Å². The number of methoxy groups -OCH3 is 1. The number of likely N-dealkylation sites (tertiary alicyclic amines) is 1. The monoisotopic (exact) mass is 391 g/mol. The van der Waals surface area contributed by atoms with E-state index in [0.29, 0.717) is 23.9 Å². The average molecular weight is 391 g/mol. The minimum atomic E-state index is -0.0299. The number of nitrogens with zero attached hydrogens (tertiary/aromatic N) is 2. The molecular weight excluding hydrogens is 366 g/mol. The summed E-state index contributed by atoms with van der Waals surface area (Å²) < 4.78 is 11.0. The van der Waals surface area contributed by atoms with Gasteiger partial charge in [-0.05, 0) is 35.1 Å². The SMILES string of the molecule is COc1ccc2ccccc2c1-c1cc(CNC(=O)N2CC(CC3CC3)C2)on1. The van der Waals surface area contributed by atoms with E-state index in [1.807, 2.05) is 41.3 Å². The Kier molecular flexibility index (Phi) is 4.62. The van der Waals surface area contributed by atoms with Crippen molar-refractivity contribution < 1.29 is 14.1 Å². The second-order valence-electron chi connectivity index (χ2n) is 8.15. The Labute approximate surface area is 169 Å². The quantitative estimate of drug-likeness (QED) is 0.674. The summed E-state index contributed by atoms with van der Waals surface area (Å²) >= 11 is 0. The number of rotatable bonds is 6. The largest absolute Gasteiger partial charge is 0.496 e. The molecule has 1 N–H and O–H groups in total. The lowest BCUT2D eigenvalue weighted by Crippen LogP contribution is -2.53. The van der Waals surface area contributed by atoms with Crippen molar-refractivity contribution in [2.24, 2.45) is 11.8 Å². The highest BCUT2D eigenvalue weighted by Crippen LogP contribution is 2.38. The van der Waals surface area contributed by atoms with Gasteiger partial charge in [0.25, 0.3) is 0 Å². The third-order valence-corrected chi connectivity index (χ3v) is 5.95. The van der Waals surface area contributed by atoms with Crippen LogP contribution in [0, 0.1) is 11.8 Å². The highest BCUT2D eigenvalue weighted by molar-refractivity contribution is 5.98. The maximum absolute atomic E-state index is 12.3. The first kappa shape index (κ1) is 18.0. The van der Waals surface area contributed by atoms with Crippen molar-refractivity contribution in [3.05, 3.63) is 48.2 Å². The lowest BCUT2D eigenvalue weighted by atomic mass is 9.94. The van der Waals surface area contributed by atoms with Gasteiger partial charge >= 0.3 is 6.03 Å². The summed E-state index contributed by atoms with van der Waals surface area (Å²) in [5.74, 6) is 2.97. The molecule has 2 aliphatic rings. The molecule has 2 heterocycles. The Hall–Kier alpha value is -3.02. The number of amides is 2. The predicted molar refractivity (Wildman–Crippen MR) is 111 cm³/mol. The highest BCUT2D eigenvalue weighted by atomic mass is 16.5. The summed E-state index contributed by atoms with van der Waals surface area (Å²) in [5, 5.41) is 9.34. The van der Waals surface area contributed by atoms with Crippen LogP contribution >= 0.6 is 0 Å². The van der Waals surface area contributed by atoms with Gasteiger partial charge in [-0.1, -0.05) is 48.3 Å². The topological polar surface area (TPSA) is 67.6 Å². The summed E-state index contributed by atoms with van der Waals surface area (Å²) in [6.07, 6.45) is 4.03. The van der Waals surface area contributed by atoms with Crippen LogP contribution in [0.2, 0.25) is 0 Å². The Morgan fingerprint density at radius 2 is 2.03 bits per heavy atom. The Morgan fingerprint density at radius 1 is 1.21 bits per heavy atom. The Balaban J connectivity index is 1.25. The van der Waals surface area contributed by atoms with E-state index in [0.717, 1.165) is 41.1 Å². The minimum absolute atomic E-state index is 0.0299.